The third-order valence-corrected chi connectivity index (χ3v) is 2.05. The molecule has 0 unspecified atom stereocenters. The molecule has 144 valence electrons. The summed E-state index contributed by atoms with van der Waals surface area (Å²) in [7, 11) is 3.07. The SMILES string of the molecule is COCCO.COCCOC(=O)OCCCO.O=C1OCCCO1. The first-order valence-corrected chi connectivity index (χ1v) is 7.41. The molecule has 0 amide bonds. The predicted octanol–water partition coefficient (Wildman–Crippen LogP) is 0.337. The zero-order valence-electron chi connectivity index (χ0n) is 14.2. The monoisotopic (exact) mass is 356 g/mol. The van der Waals surface area contributed by atoms with E-state index in [2.05, 4.69) is 28.4 Å². The highest BCUT2D eigenvalue weighted by molar-refractivity contribution is 5.60. The normalized spacial score (nSPS) is 12.4. The van der Waals surface area contributed by atoms with Gasteiger partial charge in [0.15, 0.2) is 0 Å². The molecule has 0 bridgehead atoms. The number of cyclic esters (lactones) is 2. The van der Waals surface area contributed by atoms with Gasteiger partial charge < -0.3 is 38.6 Å². The Morgan fingerprint density at radius 2 is 1.54 bits per heavy atom. The molecular weight excluding hydrogens is 328 g/mol. The average molecular weight is 356 g/mol. The van der Waals surface area contributed by atoms with Crippen LogP contribution in [0.5, 0.6) is 0 Å². The van der Waals surface area contributed by atoms with Crippen LogP contribution in [0.25, 0.3) is 0 Å². The Morgan fingerprint density at radius 1 is 0.958 bits per heavy atom. The summed E-state index contributed by atoms with van der Waals surface area (Å²) in [6.45, 7) is 2.32. The highest BCUT2D eigenvalue weighted by atomic mass is 16.7. The number of aliphatic hydroxyl groups excluding tert-OH is 2. The van der Waals surface area contributed by atoms with Crippen LogP contribution in [-0.4, -0.2) is 89.6 Å². The molecule has 1 saturated heterocycles. The van der Waals surface area contributed by atoms with Gasteiger partial charge in [0.2, 0.25) is 0 Å². The largest absolute Gasteiger partial charge is 0.508 e. The van der Waals surface area contributed by atoms with Crippen molar-refractivity contribution in [3.05, 3.63) is 0 Å². The van der Waals surface area contributed by atoms with E-state index >= 15 is 0 Å². The molecule has 1 aliphatic rings. The number of aliphatic hydroxyl groups is 2. The third kappa shape index (κ3) is 22.7. The molecule has 24 heavy (non-hydrogen) atoms. The van der Waals surface area contributed by atoms with Crippen molar-refractivity contribution >= 4 is 12.3 Å². The zero-order chi connectivity index (χ0) is 18.5. The van der Waals surface area contributed by atoms with Crippen LogP contribution in [0.3, 0.4) is 0 Å². The molecule has 2 N–H and O–H groups in total. The number of carbonyl (C=O) groups excluding carboxylic acids is 2. The number of rotatable bonds is 8. The smallest absolute Gasteiger partial charge is 0.434 e. The predicted molar refractivity (Wildman–Crippen MR) is 81.8 cm³/mol. The molecule has 0 aliphatic carbocycles. The highest BCUT2D eigenvalue weighted by Gasteiger charge is 2.07. The summed E-state index contributed by atoms with van der Waals surface area (Å²) in [6.07, 6.45) is -0.00256. The van der Waals surface area contributed by atoms with Crippen molar-refractivity contribution in [3.63, 3.8) is 0 Å². The van der Waals surface area contributed by atoms with Crippen molar-refractivity contribution in [1.82, 2.24) is 0 Å². The maximum Gasteiger partial charge on any atom is 0.508 e. The minimum Gasteiger partial charge on any atom is -0.434 e. The summed E-state index contributed by atoms with van der Waals surface area (Å²) in [5.41, 5.74) is 0. The van der Waals surface area contributed by atoms with E-state index < -0.39 is 12.3 Å². The van der Waals surface area contributed by atoms with Crippen LogP contribution < -0.4 is 0 Å². The van der Waals surface area contributed by atoms with Gasteiger partial charge in [-0.25, -0.2) is 9.59 Å². The fourth-order valence-electron chi connectivity index (χ4n) is 0.973. The Morgan fingerprint density at radius 3 is 1.92 bits per heavy atom. The molecule has 1 rings (SSSR count). The van der Waals surface area contributed by atoms with Gasteiger partial charge in [0.1, 0.15) is 6.61 Å². The molecule has 0 spiro atoms. The minimum atomic E-state index is -0.722. The van der Waals surface area contributed by atoms with E-state index in [-0.39, 0.29) is 26.4 Å². The van der Waals surface area contributed by atoms with Crippen LogP contribution in [0.2, 0.25) is 0 Å². The third-order valence-electron chi connectivity index (χ3n) is 2.05. The number of hydrogen-bond acceptors (Lipinski definition) is 10. The van der Waals surface area contributed by atoms with Crippen LogP contribution in [0.4, 0.5) is 9.59 Å². The molecule has 0 aromatic rings. The van der Waals surface area contributed by atoms with Gasteiger partial charge in [0.05, 0.1) is 39.6 Å². The maximum atomic E-state index is 10.6. The average Bonchev–Trinajstić information content (AvgIpc) is 2.58. The summed E-state index contributed by atoms with van der Waals surface area (Å²) < 4.78 is 27.0. The number of ether oxygens (including phenoxy) is 6. The molecule has 0 atom stereocenters. The quantitative estimate of drug-likeness (QED) is 0.463. The maximum absolute atomic E-state index is 10.6. The van der Waals surface area contributed by atoms with E-state index in [1.807, 2.05) is 0 Å². The Kier molecular flexibility index (Phi) is 21.9. The van der Waals surface area contributed by atoms with Crippen LogP contribution >= 0.6 is 0 Å². The van der Waals surface area contributed by atoms with E-state index in [1.54, 1.807) is 7.11 Å². The van der Waals surface area contributed by atoms with Gasteiger partial charge in [0, 0.05) is 33.7 Å². The van der Waals surface area contributed by atoms with Gasteiger partial charge in [-0.15, -0.1) is 0 Å². The Labute approximate surface area is 141 Å². The highest BCUT2D eigenvalue weighted by Crippen LogP contribution is 1.95. The molecule has 1 heterocycles. The second kappa shape index (κ2) is 21.4. The molecule has 10 nitrogen and oxygen atoms in total. The molecule has 0 saturated carbocycles. The lowest BCUT2D eigenvalue weighted by atomic mass is 10.5. The first kappa shape index (κ1) is 24.6. The van der Waals surface area contributed by atoms with Crippen molar-refractivity contribution < 1.29 is 48.2 Å². The molecule has 1 aliphatic heterocycles. The first-order chi connectivity index (χ1) is 11.6. The fraction of sp³-hybridized carbons (Fsp3) is 0.857. The summed E-state index contributed by atoms with van der Waals surface area (Å²) in [5, 5.41) is 16.3. The lowest BCUT2D eigenvalue weighted by Gasteiger charge is -2.09. The topological polar surface area (TPSA) is 130 Å². The van der Waals surface area contributed by atoms with E-state index in [4.69, 9.17) is 10.2 Å². The molecular formula is C14H28O10. The second-order valence-electron chi connectivity index (χ2n) is 4.03. The number of hydrogen-bond donors (Lipinski definition) is 2. The summed E-state index contributed by atoms with van der Waals surface area (Å²) in [5.74, 6) is 0. The van der Waals surface area contributed by atoms with Crippen molar-refractivity contribution in [1.29, 1.82) is 0 Å². The zero-order valence-corrected chi connectivity index (χ0v) is 14.2. The molecule has 0 radical (unpaired) electrons. The van der Waals surface area contributed by atoms with Crippen molar-refractivity contribution in [3.8, 4) is 0 Å². The first-order valence-electron chi connectivity index (χ1n) is 7.41. The van der Waals surface area contributed by atoms with E-state index in [1.165, 1.54) is 7.11 Å². The molecule has 10 heteroatoms. The van der Waals surface area contributed by atoms with E-state index in [0.29, 0.717) is 32.8 Å². The second-order valence-corrected chi connectivity index (χ2v) is 4.03. The van der Waals surface area contributed by atoms with Crippen molar-refractivity contribution in [2.75, 3.05) is 67.1 Å². The van der Waals surface area contributed by atoms with Crippen molar-refractivity contribution in [2.45, 2.75) is 12.8 Å². The van der Waals surface area contributed by atoms with E-state index in [9.17, 15) is 9.59 Å². The minimum absolute atomic E-state index is 0.00531. The Hall–Kier alpha value is -1.62. The van der Waals surface area contributed by atoms with Gasteiger partial charge in [0.25, 0.3) is 0 Å². The molecule has 0 aromatic carbocycles. The van der Waals surface area contributed by atoms with Gasteiger partial charge in [-0.3, -0.25) is 0 Å². The van der Waals surface area contributed by atoms with Gasteiger partial charge in [-0.2, -0.15) is 0 Å². The Bertz CT molecular complexity index is 263. The molecule has 1 fully saturated rings. The van der Waals surface area contributed by atoms with Crippen LogP contribution in [0, 0.1) is 0 Å². The number of carbonyl (C=O) groups is 2. The summed E-state index contributed by atoms with van der Waals surface area (Å²) in [6, 6.07) is 0. The van der Waals surface area contributed by atoms with Gasteiger partial charge in [-0.05, 0) is 0 Å². The van der Waals surface area contributed by atoms with Crippen LogP contribution in [-0.2, 0) is 28.4 Å². The lowest BCUT2D eigenvalue weighted by molar-refractivity contribution is 0.0192. The van der Waals surface area contributed by atoms with Gasteiger partial charge in [-0.1, -0.05) is 0 Å². The number of methoxy groups -OCH3 is 2. The summed E-state index contributed by atoms with van der Waals surface area (Å²) in [4.78, 5) is 20.6. The van der Waals surface area contributed by atoms with Crippen molar-refractivity contribution in [2.24, 2.45) is 0 Å². The van der Waals surface area contributed by atoms with E-state index in [0.717, 1.165) is 6.42 Å². The Balaban J connectivity index is 0. The van der Waals surface area contributed by atoms with Crippen LogP contribution in [0.1, 0.15) is 12.8 Å². The van der Waals surface area contributed by atoms with Crippen LogP contribution in [0.15, 0.2) is 0 Å². The molecule has 0 aromatic heterocycles. The lowest BCUT2D eigenvalue weighted by Crippen LogP contribution is -2.16. The van der Waals surface area contributed by atoms with Gasteiger partial charge >= 0.3 is 12.3 Å². The fourth-order valence-corrected chi connectivity index (χ4v) is 0.973. The summed E-state index contributed by atoms with van der Waals surface area (Å²) >= 11 is 0. The standard InChI is InChI=1S/C7H14O5.C4H6O3.C3H8O2/c1-10-5-6-12-7(9)11-4-2-3-8;5-4-6-2-1-3-7-4;1-5-3-2-4/h8H,2-6H2,1H3;1-3H2;4H,2-3H2,1H3.